The molecule has 0 saturated carbocycles. The molecule has 1 unspecified atom stereocenters. The molecule has 7 nitrogen and oxygen atoms in total. The third kappa shape index (κ3) is 4.61. The zero-order valence-corrected chi connectivity index (χ0v) is 14.7. The predicted molar refractivity (Wildman–Crippen MR) is 86.1 cm³/mol. The Morgan fingerprint density at radius 3 is 2.42 bits per heavy atom. The van der Waals surface area contributed by atoms with Gasteiger partial charge in [-0.3, -0.25) is 4.57 Å². The second-order valence-corrected chi connectivity index (χ2v) is 7.22. The van der Waals surface area contributed by atoms with Crippen molar-refractivity contribution in [2.24, 2.45) is 0 Å². The van der Waals surface area contributed by atoms with Crippen LogP contribution in [0.15, 0.2) is 47.1 Å². The highest BCUT2D eigenvalue weighted by molar-refractivity contribution is 7.54. The molecule has 0 spiro atoms. The van der Waals surface area contributed by atoms with Crippen LogP contribution in [0, 0.1) is 0 Å². The van der Waals surface area contributed by atoms with Crippen molar-refractivity contribution in [2.45, 2.75) is 5.85 Å². The number of hydrogen-bond acceptors (Lipinski definition) is 7. The van der Waals surface area contributed by atoms with Crippen LogP contribution >= 0.6 is 19.2 Å². The Kier molecular flexibility index (Phi) is 6.45. The molecule has 0 fully saturated rings. The van der Waals surface area contributed by atoms with Crippen molar-refractivity contribution < 1.29 is 32.3 Å². The molecule has 9 heteroatoms. The monoisotopic (exact) mass is 374 g/mol. The van der Waals surface area contributed by atoms with Crippen LogP contribution in [0.3, 0.4) is 0 Å². The van der Waals surface area contributed by atoms with Crippen LogP contribution in [0.25, 0.3) is 0 Å². The highest BCUT2D eigenvalue weighted by Gasteiger charge is 2.41. The van der Waals surface area contributed by atoms with Crippen LogP contribution in [0.4, 0.5) is 0 Å². The van der Waals surface area contributed by atoms with Gasteiger partial charge in [0.05, 0.1) is 6.26 Å². The fourth-order valence-corrected chi connectivity index (χ4v) is 3.17. The van der Waals surface area contributed by atoms with Crippen molar-refractivity contribution in [3.8, 4) is 5.75 Å². The Balaban J connectivity index is 2.05. The van der Waals surface area contributed by atoms with E-state index in [1.807, 2.05) is 0 Å². The van der Waals surface area contributed by atoms with Crippen LogP contribution in [-0.2, 0) is 23.1 Å². The second kappa shape index (κ2) is 8.35. The normalized spacial score (nSPS) is 12.6. The van der Waals surface area contributed by atoms with E-state index < -0.39 is 26.0 Å². The predicted octanol–water partition coefficient (Wildman–Crippen LogP) is 4.04. The lowest BCUT2D eigenvalue weighted by Gasteiger charge is -2.22. The summed E-state index contributed by atoms with van der Waals surface area (Å²) in [4.78, 5) is 12.0. The average molecular weight is 375 g/mol. The largest absolute Gasteiger partial charge is 0.482 e. The van der Waals surface area contributed by atoms with Gasteiger partial charge in [0.1, 0.15) is 5.75 Å². The molecule has 0 amide bonds. The molecule has 2 rings (SSSR count). The van der Waals surface area contributed by atoms with Gasteiger partial charge in [0.15, 0.2) is 12.4 Å². The van der Waals surface area contributed by atoms with Crippen molar-refractivity contribution >= 4 is 25.2 Å². The van der Waals surface area contributed by atoms with Gasteiger partial charge in [-0.05, 0) is 36.4 Å². The molecule has 0 N–H and O–H groups in total. The van der Waals surface area contributed by atoms with E-state index in [1.165, 1.54) is 26.5 Å². The second-order valence-electron chi connectivity index (χ2n) is 4.51. The fourth-order valence-electron chi connectivity index (χ4n) is 1.81. The average Bonchev–Trinajstić information content (AvgIpc) is 3.12. The number of ether oxygens (including phenoxy) is 2. The lowest BCUT2D eigenvalue weighted by Crippen LogP contribution is -2.19. The summed E-state index contributed by atoms with van der Waals surface area (Å²) < 4.78 is 38.0. The number of esters is 1. The minimum atomic E-state index is -3.75. The van der Waals surface area contributed by atoms with Crippen LogP contribution in [-0.4, -0.2) is 26.8 Å². The molecule has 0 radical (unpaired) electrons. The van der Waals surface area contributed by atoms with Crippen molar-refractivity contribution in [1.29, 1.82) is 0 Å². The summed E-state index contributed by atoms with van der Waals surface area (Å²) in [6.45, 7) is -0.397. The first-order valence-corrected chi connectivity index (χ1v) is 8.80. The first-order valence-electron chi connectivity index (χ1n) is 6.81. The summed E-state index contributed by atoms with van der Waals surface area (Å²) in [6, 6.07) is 9.53. The van der Waals surface area contributed by atoms with Gasteiger partial charge in [-0.2, -0.15) is 0 Å². The molecule has 24 heavy (non-hydrogen) atoms. The molecule has 2 aromatic rings. The van der Waals surface area contributed by atoms with Crippen molar-refractivity contribution in [3.05, 3.63) is 53.4 Å². The number of halogens is 1. The van der Waals surface area contributed by atoms with Gasteiger partial charge in [-0.1, -0.05) is 11.6 Å². The van der Waals surface area contributed by atoms with Gasteiger partial charge in [0, 0.05) is 19.2 Å². The number of carbonyl (C=O) groups is 1. The Bertz CT molecular complexity index is 691. The van der Waals surface area contributed by atoms with Gasteiger partial charge in [-0.25, -0.2) is 4.79 Å². The lowest BCUT2D eigenvalue weighted by molar-refractivity contribution is -0.149. The Labute approximate surface area is 143 Å². The van der Waals surface area contributed by atoms with E-state index in [2.05, 4.69) is 0 Å². The maximum Gasteiger partial charge on any atom is 0.378 e. The standard InChI is InChI=1S/C15H16ClO7P/c1-19-24(18,20-2)15(13-4-3-9-21-13)23-14(17)10-22-12-7-5-11(16)6-8-12/h3-9,15H,10H2,1-2H3. The first kappa shape index (κ1) is 18.5. The molecule has 130 valence electrons. The number of carbonyl (C=O) groups excluding carboxylic acids is 1. The molecule has 1 aromatic carbocycles. The summed E-state index contributed by atoms with van der Waals surface area (Å²) in [6.07, 6.45) is 1.36. The molecule has 0 aliphatic heterocycles. The summed E-state index contributed by atoms with van der Waals surface area (Å²) in [5, 5.41) is 0.545. The van der Waals surface area contributed by atoms with E-state index in [4.69, 9.17) is 34.5 Å². The third-order valence-electron chi connectivity index (χ3n) is 3.00. The smallest absolute Gasteiger partial charge is 0.378 e. The zero-order chi connectivity index (χ0) is 17.6. The van der Waals surface area contributed by atoms with Crippen LogP contribution in [0.2, 0.25) is 5.02 Å². The highest BCUT2D eigenvalue weighted by atomic mass is 35.5. The molecular formula is C15H16ClO7P. The molecule has 1 aromatic heterocycles. The van der Waals surface area contributed by atoms with Crippen molar-refractivity contribution in [2.75, 3.05) is 20.8 Å². The van der Waals surface area contributed by atoms with Gasteiger partial charge in [-0.15, -0.1) is 0 Å². The number of hydrogen-bond donors (Lipinski definition) is 0. The Morgan fingerprint density at radius 1 is 1.21 bits per heavy atom. The Morgan fingerprint density at radius 2 is 1.88 bits per heavy atom. The molecular weight excluding hydrogens is 359 g/mol. The summed E-state index contributed by atoms with van der Waals surface area (Å²) in [7, 11) is -1.36. The highest BCUT2D eigenvalue weighted by Crippen LogP contribution is 2.60. The van der Waals surface area contributed by atoms with Crippen LogP contribution in [0.5, 0.6) is 5.75 Å². The SMILES string of the molecule is COP(=O)(OC)C(OC(=O)COc1ccc(Cl)cc1)c1ccco1. The van der Waals surface area contributed by atoms with Gasteiger partial charge < -0.3 is 22.9 Å². The van der Waals surface area contributed by atoms with Crippen LogP contribution < -0.4 is 4.74 Å². The molecule has 0 bridgehead atoms. The van der Waals surface area contributed by atoms with E-state index >= 15 is 0 Å². The molecule has 1 atom stereocenters. The molecule has 1 heterocycles. The van der Waals surface area contributed by atoms with Gasteiger partial charge in [0.2, 0.25) is 0 Å². The molecule has 0 aliphatic carbocycles. The van der Waals surface area contributed by atoms with E-state index in [0.717, 1.165) is 0 Å². The van der Waals surface area contributed by atoms with Crippen LogP contribution in [0.1, 0.15) is 11.6 Å². The minimum Gasteiger partial charge on any atom is -0.482 e. The summed E-state index contributed by atoms with van der Waals surface area (Å²) in [5.41, 5.74) is 0. The summed E-state index contributed by atoms with van der Waals surface area (Å²) >= 11 is 5.77. The minimum absolute atomic E-state index is 0.141. The van der Waals surface area contributed by atoms with Crippen molar-refractivity contribution in [3.63, 3.8) is 0 Å². The van der Waals surface area contributed by atoms with E-state index in [1.54, 1.807) is 30.3 Å². The number of rotatable bonds is 8. The quantitative estimate of drug-likeness (QED) is 0.509. The summed E-state index contributed by atoms with van der Waals surface area (Å²) in [5.74, 6) is -1.51. The van der Waals surface area contributed by atoms with E-state index in [0.29, 0.717) is 10.8 Å². The number of furan rings is 1. The van der Waals surface area contributed by atoms with E-state index in [-0.39, 0.29) is 5.76 Å². The molecule has 0 saturated heterocycles. The maximum absolute atomic E-state index is 12.6. The molecule has 0 aliphatic rings. The zero-order valence-electron chi connectivity index (χ0n) is 13.0. The third-order valence-corrected chi connectivity index (χ3v) is 5.20. The lowest BCUT2D eigenvalue weighted by atomic mass is 10.3. The number of benzene rings is 1. The van der Waals surface area contributed by atoms with E-state index in [9.17, 15) is 9.36 Å². The van der Waals surface area contributed by atoms with Crippen molar-refractivity contribution in [1.82, 2.24) is 0 Å². The topological polar surface area (TPSA) is 84.2 Å². The van der Waals surface area contributed by atoms with Gasteiger partial charge in [0.25, 0.3) is 5.85 Å². The fraction of sp³-hybridized carbons (Fsp3) is 0.267. The maximum atomic E-state index is 12.6. The van der Waals surface area contributed by atoms with Gasteiger partial charge >= 0.3 is 13.6 Å². The first-order chi connectivity index (χ1) is 11.5. The Hall–Kier alpha value is -1.79.